The van der Waals surface area contributed by atoms with Gasteiger partial charge in [0.2, 0.25) is 0 Å². The Labute approximate surface area is 157 Å². The zero-order valence-electron chi connectivity index (χ0n) is 15.0. The lowest BCUT2D eigenvalue weighted by atomic mass is 9.91. The van der Waals surface area contributed by atoms with Crippen LogP contribution in [0.1, 0.15) is 19.3 Å². The summed E-state index contributed by atoms with van der Waals surface area (Å²) in [5.41, 5.74) is 8.91. The number of urea groups is 1. The monoisotopic (exact) mass is 363 g/mol. The van der Waals surface area contributed by atoms with Crippen molar-refractivity contribution in [2.75, 3.05) is 16.0 Å². The molecule has 1 fully saturated rings. The molecule has 8 heteroatoms. The van der Waals surface area contributed by atoms with Crippen molar-refractivity contribution in [2.45, 2.75) is 25.3 Å². The van der Waals surface area contributed by atoms with Gasteiger partial charge in [-0.2, -0.15) is 5.10 Å². The summed E-state index contributed by atoms with van der Waals surface area (Å²) in [5, 5.41) is 7.08. The van der Waals surface area contributed by atoms with Gasteiger partial charge in [0.25, 0.3) is 0 Å². The first kappa shape index (κ1) is 17.0. The van der Waals surface area contributed by atoms with E-state index in [-0.39, 0.29) is 12.1 Å². The third-order valence-corrected chi connectivity index (χ3v) is 4.71. The number of nitrogens with zero attached hydrogens (tertiary/aromatic N) is 5. The van der Waals surface area contributed by atoms with Crippen LogP contribution in [0.2, 0.25) is 0 Å². The summed E-state index contributed by atoms with van der Waals surface area (Å²) in [7, 11) is 1.85. The number of aryl methyl sites for hydroxylation is 1. The zero-order chi connectivity index (χ0) is 18.8. The number of aromatic nitrogens is 4. The number of carbonyl (C=O) groups is 1. The summed E-state index contributed by atoms with van der Waals surface area (Å²) >= 11 is 0. The number of carbonyl (C=O) groups excluding carboxylic acids is 1. The molecule has 1 aliphatic carbocycles. The van der Waals surface area contributed by atoms with Crippen molar-refractivity contribution < 1.29 is 4.79 Å². The Morgan fingerprint density at radius 1 is 1.30 bits per heavy atom. The molecule has 3 aromatic rings. The smallest absolute Gasteiger partial charge is 0.327 e. The summed E-state index contributed by atoms with van der Waals surface area (Å²) in [6, 6.07) is 7.03. The van der Waals surface area contributed by atoms with E-state index in [1.54, 1.807) is 46.4 Å². The van der Waals surface area contributed by atoms with Gasteiger partial charge in [-0.3, -0.25) is 14.6 Å². The van der Waals surface area contributed by atoms with Gasteiger partial charge in [-0.25, -0.2) is 9.78 Å². The predicted octanol–water partition coefficient (Wildman–Crippen LogP) is 3.05. The highest BCUT2D eigenvalue weighted by Crippen LogP contribution is 2.34. The SMILES string of the molecule is Cn1cc(-c2ccc(N)c(N(C(=O)Nc3cccnc3)C3CCC3)n2)cn1. The van der Waals surface area contributed by atoms with Crippen molar-refractivity contribution in [1.82, 2.24) is 19.7 Å². The van der Waals surface area contributed by atoms with Gasteiger partial charge in [-0.15, -0.1) is 0 Å². The molecule has 3 aromatic heterocycles. The maximum Gasteiger partial charge on any atom is 0.327 e. The minimum absolute atomic E-state index is 0.0839. The average Bonchev–Trinajstić information content (AvgIpc) is 3.06. The number of rotatable bonds is 4. The summed E-state index contributed by atoms with van der Waals surface area (Å²) in [5.74, 6) is 0.474. The summed E-state index contributed by atoms with van der Waals surface area (Å²) < 4.78 is 1.71. The largest absolute Gasteiger partial charge is 0.396 e. The first-order valence-electron chi connectivity index (χ1n) is 8.87. The Balaban J connectivity index is 1.69. The van der Waals surface area contributed by atoms with Gasteiger partial charge in [-0.05, 0) is 43.5 Å². The van der Waals surface area contributed by atoms with Gasteiger partial charge >= 0.3 is 6.03 Å². The highest BCUT2D eigenvalue weighted by molar-refractivity contribution is 6.03. The molecule has 8 nitrogen and oxygen atoms in total. The number of hydrogen-bond acceptors (Lipinski definition) is 5. The van der Waals surface area contributed by atoms with Crippen molar-refractivity contribution >= 4 is 23.2 Å². The lowest BCUT2D eigenvalue weighted by Crippen LogP contribution is -2.47. The molecule has 0 radical (unpaired) electrons. The molecule has 3 heterocycles. The number of nitrogen functional groups attached to an aromatic ring is 1. The van der Waals surface area contributed by atoms with Crippen LogP contribution in [0.5, 0.6) is 0 Å². The topological polar surface area (TPSA) is 102 Å². The van der Waals surface area contributed by atoms with Crippen LogP contribution in [0.15, 0.2) is 49.1 Å². The minimum atomic E-state index is -0.254. The standard InChI is InChI=1S/C19H21N7O/c1-25-12-13(10-22-25)17-8-7-16(20)18(24-17)26(15-5-2-6-15)19(27)23-14-4-3-9-21-11-14/h3-4,7-12,15H,2,5-6,20H2,1H3,(H,23,27). The van der Waals surface area contributed by atoms with Crippen molar-refractivity contribution in [2.24, 2.45) is 7.05 Å². The molecule has 3 N–H and O–H groups in total. The number of anilines is 3. The fraction of sp³-hybridized carbons (Fsp3) is 0.263. The van der Waals surface area contributed by atoms with Crippen molar-refractivity contribution in [3.8, 4) is 11.3 Å². The molecule has 4 rings (SSSR count). The number of amides is 2. The van der Waals surface area contributed by atoms with Crippen LogP contribution >= 0.6 is 0 Å². The van der Waals surface area contributed by atoms with E-state index in [1.165, 1.54) is 0 Å². The van der Waals surface area contributed by atoms with Crippen molar-refractivity contribution in [1.29, 1.82) is 0 Å². The Bertz CT molecular complexity index is 950. The van der Waals surface area contributed by atoms with E-state index in [0.29, 0.717) is 17.2 Å². The molecule has 1 aliphatic rings. The Kier molecular flexibility index (Phi) is 4.45. The first-order valence-corrected chi connectivity index (χ1v) is 8.87. The van der Waals surface area contributed by atoms with Crippen LogP contribution in [0, 0.1) is 0 Å². The van der Waals surface area contributed by atoms with Gasteiger partial charge in [0.15, 0.2) is 5.82 Å². The molecule has 1 saturated carbocycles. The second-order valence-corrected chi connectivity index (χ2v) is 6.64. The Morgan fingerprint density at radius 3 is 2.78 bits per heavy atom. The Morgan fingerprint density at radius 2 is 2.15 bits per heavy atom. The van der Waals surface area contributed by atoms with Crippen molar-refractivity contribution in [3.05, 3.63) is 49.1 Å². The molecule has 0 bridgehead atoms. The van der Waals surface area contributed by atoms with Crippen LogP contribution in [-0.2, 0) is 7.05 Å². The van der Waals surface area contributed by atoms with Gasteiger partial charge in [0, 0.05) is 31.0 Å². The molecule has 0 aliphatic heterocycles. The maximum absolute atomic E-state index is 13.0. The van der Waals surface area contributed by atoms with Crippen molar-refractivity contribution in [3.63, 3.8) is 0 Å². The predicted molar refractivity (Wildman–Crippen MR) is 104 cm³/mol. The molecular weight excluding hydrogens is 342 g/mol. The van der Waals surface area contributed by atoms with Crippen LogP contribution in [-0.4, -0.2) is 31.8 Å². The fourth-order valence-electron chi connectivity index (χ4n) is 3.07. The normalized spacial score (nSPS) is 13.8. The van der Waals surface area contributed by atoms with Gasteiger partial charge in [0.1, 0.15) is 0 Å². The molecule has 138 valence electrons. The molecule has 0 atom stereocenters. The highest BCUT2D eigenvalue weighted by Gasteiger charge is 2.32. The Hall–Kier alpha value is -3.42. The number of nitrogens with two attached hydrogens (primary N) is 1. The summed E-state index contributed by atoms with van der Waals surface area (Å²) in [6.45, 7) is 0. The first-order chi connectivity index (χ1) is 13.1. The number of pyridine rings is 2. The second kappa shape index (κ2) is 7.06. The summed E-state index contributed by atoms with van der Waals surface area (Å²) in [6.07, 6.45) is 9.84. The molecule has 2 amide bonds. The van der Waals surface area contributed by atoms with Gasteiger partial charge in [-0.1, -0.05) is 0 Å². The average molecular weight is 363 g/mol. The van der Waals surface area contributed by atoms with Crippen LogP contribution in [0.4, 0.5) is 22.0 Å². The number of hydrogen-bond donors (Lipinski definition) is 2. The summed E-state index contributed by atoms with van der Waals surface area (Å²) in [4.78, 5) is 23.4. The molecule has 0 unspecified atom stereocenters. The van der Waals surface area contributed by atoms with Crippen LogP contribution < -0.4 is 16.0 Å². The molecule has 0 aromatic carbocycles. The number of nitrogens with one attached hydrogen (secondary N) is 1. The van der Waals surface area contributed by atoms with E-state index in [1.807, 2.05) is 19.3 Å². The molecular formula is C19H21N7O. The minimum Gasteiger partial charge on any atom is -0.396 e. The van der Waals surface area contributed by atoms with Crippen LogP contribution in [0.25, 0.3) is 11.3 Å². The highest BCUT2D eigenvalue weighted by atomic mass is 16.2. The fourth-order valence-corrected chi connectivity index (χ4v) is 3.07. The van der Waals surface area contributed by atoms with Gasteiger partial charge < -0.3 is 11.1 Å². The van der Waals surface area contributed by atoms with E-state index in [9.17, 15) is 4.79 Å². The zero-order valence-corrected chi connectivity index (χ0v) is 15.0. The van der Waals surface area contributed by atoms with Crippen LogP contribution in [0.3, 0.4) is 0 Å². The third-order valence-electron chi connectivity index (χ3n) is 4.71. The van der Waals surface area contributed by atoms with E-state index in [0.717, 1.165) is 30.5 Å². The van der Waals surface area contributed by atoms with E-state index in [2.05, 4.69) is 15.4 Å². The van der Waals surface area contributed by atoms with E-state index < -0.39 is 0 Å². The quantitative estimate of drug-likeness (QED) is 0.742. The lowest BCUT2D eigenvalue weighted by molar-refractivity contribution is 0.249. The molecule has 0 spiro atoms. The van der Waals surface area contributed by atoms with E-state index in [4.69, 9.17) is 10.7 Å². The molecule has 0 saturated heterocycles. The van der Waals surface area contributed by atoms with E-state index >= 15 is 0 Å². The third kappa shape index (κ3) is 3.46. The lowest BCUT2D eigenvalue weighted by Gasteiger charge is -2.37. The van der Waals surface area contributed by atoms with Gasteiger partial charge in [0.05, 0.1) is 29.5 Å². The second-order valence-electron chi connectivity index (χ2n) is 6.64. The maximum atomic E-state index is 13.0. The molecule has 27 heavy (non-hydrogen) atoms.